The summed E-state index contributed by atoms with van der Waals surface area (Å²) in [5, 5.41) is 3.65. The van der Waals surface area contributed by atoms with Gasteiger partial charge in [0.1, 0.15) is 0 Å². The third kappa shape index (κ3) is 2.71. The number of hydrogen-bond acceptors (Lipinski definition) is 3. The van der Waals surface area contributed by atoms with Gasteiger partial charge >= 0.3 is 0 Å². The van der Waals surface area contributed by atoms with E-state index in [9.17, 15) is 0 Å². The van der Waals surface area contributed by atoms with E-state index in [-0.39, 0.29) is 0 Å². The number of nitrogens with zero attached hydrogens (tertiary/aromatic N) is 2. The van der Waals surface area contributed by atoms with Crippen LogP contribution in [-0.4, -0.2) is 61.2 Å². The second-order valence-electron chi connectivity index (χ2n) is 5.66. The molecule has 2 unspecified atom stereocenters. The standard InChI is InChI=1S/C12H25N3/c1-11-9-15(8-7-14(11)3)10-12(2)5-4-6-13-12/h11,13H,4-10H2,1-3H3. The zero-order valence-corrected chi connectivity index (χ0v) is 10.4. The van der Waals surface area contributed by atoms with Crippen LogP contribution in [0.1, 0.15) is 26.7 Å². The Morgan fingerprint density at radius 1 is 1.40 bits per heavy atom. The first-order valence-electron chi connectivity index (χ1n) is 6.27. The molecule has 0 saturated carbocycles. The van der Waals surface area contributed by atoms with Gasteiger partial charge in [-0.1, -0.05) is 0 Å². The van der Waals surface area contributed by atoms with Crippen molar-refractivity contribution in [3.63, 3.8) is 0 Å². The van der Waals surface area contributed by atoms with Gasteiger partial charge in [0, 0.05) is 37.8 Å². The summed E-state index contributed by atoms with van der Waals surface area (Å²) in [6.07, 6.45) is 2.69. The molecule has 15 heavy (non-hydrogen) atoms. The van der Waals surface area contributed by atoms with Crippen molar-refractivity contribution in [3.05, 3.63) is 0 Å². The third-order valence-corrected chi connectivity index (χ3v) is 4.07. The fourth-order valence-electron chi connectivity index (χ4n) is 2.85. The van der Waals surface area contributed by atoms with Crippen molar-refractivity contribution in [3.8, 4) is 0 Å². The maximum Gasteiger partial charge on any atom is 0.0280 e. The van der Waals surface area contributed by atoms with E-state index in [1.54, 1.807) is 0 Å². The molecule has 2 aliphatic rings. The average molecular weight is 211 g/mol. The molecule has 2 fully saturated rings. The fourth-order valence-corrected chi connectivity index (χ4v) is 2.85. The van der Waals surface area contributed by atoms with Crippen LogP contribution < -0.4 is 5.32 Å². The van der Waals surface area contributed by atoms with Crippen LogP contribution in [0.2, 0.25) is 0 Å². The number of likely N-dealkylation sites (N-methyl/N-ethyl adjacent to an activating group) is 1. The number of nitrogens with one attached hydrogen (secondary N) is 1. The summed E-state index contributed by atoms with van der Waals surface area (Å²) in [5.41, 5.74) is 0.385. The lowest BCUT2D eigenvalue weighted by Gasteiger charge is -2.41. The number of piperazine rings is 1. The molecule has 3 nitrogen and oxygen atoms in total. The van der Waals surface area contributed by atoms with Crippen LogP contribution in [0.25, 0.3) is 0 Å². The van der Waals surface area contributed by atoms with Gasteiger partial charge in [0.15, 0.2) is 0 Å². The van der Waals surface area contributed by atoms with Crippen LogP contribution in [-0.2, 0) is 0 Å². The fraction of sp³-hybridized carbons (Fsp3) is 1.00. The molecule has 88 valence electrons. The summed E-state index contributed by atoms with van der Waals surface area (Å²) in [6, 6.07) is 0.712. The van der Waals surface area contributed by atoms with Crippen molar-refractivity contribution in [1.82, 2.24) is 15.1 Å². The Hall–Kier alpha value is -0.120. The zero-order chi connectivity index (χ0) is 10.9. The SMILES string of the molecule is CC1CN(CC2(C)CCCN2)CCN1C. The van der Waals surface area contributed by atoms with Gasteiger partial charge in [0.05, 0.1) is 0 Å². The van der Waals surface area contributed by atoms with E-state index in [4.69, 9.17) is 0 Å². The van der Waals surface area contributed by atoms with Crippen molar-refractivity contribution in [1.29, 1.82) is 0 Å². The number of hydrogen-bond donors (Lipinski definition) is 1. The molecule has 0 aromatic rings. The van der Waals surface area contributed by atoms with Crippen LogP contribution >= 0.6 is 0 Å². The normalized spacial score (nSPS) is 39.8. The highest BCUT2D eigenvalue weighted by Crippen LogP contribution is 2.21. The molecule has 2 heterocycles. The maximum absolute atomic E-state index is 3.65. The molecule has 3 heteroatoms. The summed E-state index contributed by atoms with van der Waals surface area (Å²) in [6.45, 7) is 10.8. The topological polar surface area (TPSA) is 18.5 Å². The van der Waals surface area contributed by atoms with Crippen molar-refractivity contribution < 1.29 is 0 Å². The molecule has 0 radical (unpaired) electrons. The van der Waals surface area contributed by atoms with Crippen molar-refractivity contribution in [2.24, 2.45) is 0 Å². The van der Waals surface area contributed by atoms with E-state index in [0.717, 1.165) is 0 Å². The van der Waals surface area contributed by atoms with E-state index in [2.05, 4.69) is 36.0 Å². The van der Waals surface area contributed by atoms with Gasteiger partial charge in [-0.3, -0.25) is 4.90 Å². The van der Waals surface area contributed by atoms with Crippen LogP contribution in [0.5, 0.6) is 0 Å². The van der Waals surface area contributed by atoms with Gasteiger partial charge in [0.25, 0.3) is 0 Å². The summed E-state index contributed by atoms with van der Waals surface area (Å²) in [7, 11) is 2.23. The molecule has 1 N–H and O–H groups in total. The molecule has 0 aromatic carbocycles. The van der Waals surface area contributed by atoms with Crippen molar-refractivity contribution in [2.45, 2.75) is 38.3 Å². The van der Waals surface area contributed by atoms with E-state index < -0.39 is 0 Å². The second-order valence-corrected chi connectivity index (χ2v) is 5.66. The highest BCUT2D eigenvalue weighted by molar-refractivity contribution is 4.93. The Labute approximate surface area is 93.8 Å². The van der Waals surface area contributed by atoms with E-state index in [0.29, 0.717) is 11.6 Å². The molecule has 0 aromatic heterocycles. The molecule has 0 bridgehead atoms. The van der Waals surface area contributed by atoms with Gasteiger partial charge < -0.3 is 10.2 Å². The van der Waals surface area contributed by atoms with E-state index in [1.807, 2.05) is 0 Å². The van der Waals surface area contributed by atoms with E-state index in [1.165, 1.54) is 45.6 Å². The van der Waals surface area contributed by atoms with Crippen LogP contribution in [0.3, 0.4) is 0 Å². The first kappa shape index (κ1) is 11.4. The summed E-state index contributed by atoms with van der Waals surface area (Å²) in [5.74, 6) is 0. The monoisotopic (exact) mass is 211 g/mol. The Bertz CT molecular complexity index is 211. The minimum atomic E-state index is 0.385. The lowest BCUT2D eigenvalue weighted by molar-refractivity contribution is 0.0851. The summed E-state index contributed by atoms with van der Waals surface area (Å²) < 4.78 is 0. The quantitative estimate of drug-likeness (QED) is 0.728. The van der Waals surface area contributed by atoms with E-state index >= 15 is 0 Å². The molecule has 0 spiro atoms. The molecule has 2 aliphatic heterocycles. The van der Waals surface area contributed by atoms with Gasteiger partial charge in [-0.05, 0) is 40.3 Å². The lowest BCUT2D eigenvalue weighted by atomic mass is 9.99. The largest absolute Gasteiger partial charge is 0.310 e. The van der Waals surface area contributed by atoms with Crippen LogP contribution in [0, 0.1) is 0 Å². The predicted octanol–water partition coefficient (Wildman–Crippen LogP) is 0.764. The smallest absolute Gasteiger partial charge is 0.0280 e. The molecular weight excluding hydrogens is 186 g/mol. The van der Waals surface area contributed by atoms with Crippen molar-refractivity contribution >= 4 is 0 Å². The van der Waals surface area contributed by atoms with Crippen LogP contribution in [0.4, 0.5) is 0 Å². The zero-order valence-electron chi connectivity index (χ0n) is 10.4. The van der Waals surface area contributed by atoms with Crippen LogP contribution in [0.15, 0.2) is 0 Å². The summed E-state index contributed by atoms with van der Waals surface area (Å²) in [4.78, 5) is 5.09. The Balaban J connectivity index is 1.84. The van der Waals surface area contributed by atoms with Gasteiger partial charge in [-0.15, -0.1) is 0 Å². The average Bonchev–Trinajstić information content (AvgIpc) is 2.59. The highest BCUT2D eigenvalue weighted by Gasteiger charge is 2.32. The molecule has 0 amide bonds. The Kier molecular flexibility index (Phi) is 3.33. The maximum atomic E-state index is 3.65. The molecule has 0 aliphatic carbocycles. The van der Waals surface area contributed by atoms with Crippen molar-refractivity contribution in [2.75, 3.05) is 39.8 Å². The predicted molar refractivity (Wildman–Crippen MR) is 64.2 cm³/mol. The summed E-state index contributed by atoms with van der Waals surface area (Å²) >= 11 is 0. The first-order valence-corrected chi connectivity index (χ1v) is 6.27. The van der Waals surface area contributed by atoms with Gasteiger partial charge in [0.2, 0.25) is 0 Å². The third-order valence-electron chi connectivity index (χ3n) is 4.07. The molecule has 2 atom stereocenters. The molecular formula is C12H25N3. The molecule has 2 rings (SSSR count). The second kappa shape index (κ2) is 4.40. The Morgan fingerprint density at radius 3 is 2.80 bits per heavy atom. The number of rotatable bonds is 2. The minimum absolute atomic E-state index is 0.385. The highest BCUT2D eigenvalue weighted by atomic mass is 15.3. The minimum Gasteiger partial charge on any atom is -0.310 e. The Morgan fingerprint density at radius 2 is 2.20 bits per heavy atom. The lowest BCUT2D eigenvalue weighted by Crippen LogP contribution is -2.55. The first-order chi connectivity index (χ1) is 7.09. The van der Waals surface area contributed by atoms with Gasteiger partial charge in [-0.25, -0.2) is 0 Å². The molecule has 2 saturated heterocycles. The van der Waals surface area contributed by atoms with Gasteiger partial charge in [-0.2, -0.15) is 0 Å².